The fraction of sp³-hybridized carbons (Fsp3) is 0.500. The van der Waals surface area contributed by atoms with Gasteiger partial charge in [0.05, 0.1) is 6.42 Å². The number of likely N-dealkylation sites (tertiary alicyclic amines) is 1. The number of carbonyl (C=O) groups is 2. The zero-order valence-electron chi connectivity index (χ0n) is 13.1. The van der Waals surface area contributed by atoms with Gasteiger partial charge in [0.15, 0.2) is 0 Å². The molecule has 132 valence electrons. The van der Waals surface area contributed by atoms with E-state index in [-0.39, 0.29) is 32.6 Å². The van der Waals surface area contributed by atoms with Gasteiger partial charge in [0.25, 0.3) is 5.92 Å². The number of benzene rings is 1. The van der Waals surface area contributed by atoms with E-state index < -0.39 is 36.6 Å². The molecule has 1 aromatic carbocycles. The lowest BCUT2D eigenvalue weighted by molar-refractivity contribution is -0.137. The lowest BCUT2D eigenvalue weighted by atomic mass is 10.1. The van der Waals surface area contributed by atoms with Crippen molar-refractivity contribution in [2.45, 2.75) is 31.7 Å². The average Bonchev–Trinajstić information content (AvgIpc) is 2.50. The van der Waals surface area contributed by atoms with E-state index in [1.54, 1.807) is 6.07 Å². The Morgan fingerprint density at radius 2 is 1.92 bits per heavy atom. The molecule has 0 aromatic heterocycles. The largest absolute Gasteiger partial charge is 0.481 e. The van der Waals surface area contributed by atoms with Crippen LogP contribution < -0.4 is 0 Å². The number of halogens is 3. The van der Waals surface area contributed by atoms with E-state index in [4.69, 9.17) is 5.11 Å². The molecule has 24 heavy (non-hydrogen) atoms. The summed E-state index contributed by atoms with van der Waals surface area (Å²) in [5.41, 5.74) is 0.510. The number of piperidine rings is 1. The van der Waals surface area contributed by atoms with Crippen molar-refractivity contribution in [3.8, 4) is 0 Å². The maximum Gasteiger partial charge on any atom is 0.320 e. The van der Waals surface area contributed by atoms with E-state index in [1.165, 1.54) is 28.0 Å². The molecule has 0 aliphatic carbocycles. The number of rotatable bonds is 5. The van der Waals surface area contributed by atoms with Crippen LogP contribution in [0.25, 0.3) is 0 Å². The lowest BCUT2D eigenvalue weighted by Crippen LogP contribution is -2.49. The zero-order chi connectivity index (χ0) is 17.7. The van der Waals surface area contributed by atoms with Crippen molar-refractivity contribution in [2.75, 3.05) is 19.6 Å². The molecule has 2 rings (SSSR count). The first-order valence-corrected chi connectivity index (χ1v) is 7.65. The quantitative estimate of drug-likeness (QED) is 0.893. The van der Waals surface area contributed by atoms with Crippen molar-refractivity contribution in [1.29, 1.82) is 0 Å². The minimum atomic E-state index is -2.77. The van der Waals surface area contributed by atoms with Crippen molar-refractivity contribution in [3.63, 3.8) is 0 Å². The van der Waals surface area contributed by atoms with E-state index >= 15 is 0 Å². The SMILES string of the molecule is O=C(O)CCN(Cc1cccc(F)c1)C(=O)N1CCC(F)(F)CC1. The topological polar surface area (TPSA) is 60.9 Å². The van der Waals surface area contributed by atoms with E-state index in [0.717, 1.165) is 0 Å². The van der Waals surface area contributed by atoms with Gasteiger partial charge >= 0.3 is 12.0 Å². The Balaban J connectivity index is 2.07. The molecule has 1 fully saturated rings. The van der Waals surface area contributed by atoms with Crippen molar-refractivity contribution in [2.24, 2.45) is 0 Å². The fourth-order valence-corrected chi connectivity index (χ4v) is 2.55. The van der Waals surface area contributed by atoms with Crippen LogP contribution in [0.3, 0.4) is 0 Å². The standard InChI is InChI=1S/C16H19F3N2O3/c17-13-3-1-2-12(10-13)11-21(7-4-14(22)23)15(24)20-8-5-16(18,19)6-9-20/h1-3,10H,4-9,11H2,(H,22,23). The monoisotopic (exact) mass is 344 g/mol. The zero-order valence-corrected chi connectivity index (χ0v) is 13.1. The summed E-state index contributed by atoms with van der Waals surface area (Å²) in [6.45, 7) is -0.217. The molecular weight excluding hydrogens is 325 g/mol. The van der Waals surface area contributed by atoms with Gasteiger partial charge in [0.2, 0.25) is 0 Å². The van der Waals surface area contributed by atoms with Gasteiger partial charge in [-0.2, -0.15) is 0 Å². The first-order valence-electron chi connectivity index (χ1n) is 7.65. The van der Waals surface area contributed by atoms with Crippen molar-refractivity contribution < 1.29 is 27.9 Å². The third-order valence-corrected chi connectivity index (χ3v) is 3.89. The van der Waals surface area contributed by atoms with Gasteiger partial charge < -0.3 is 14.9 Å². The molecule has 1 aliphatic rings. The summed E-state index contributed by atoms with van der Waals surface area (Å²) >= 11 is 0. The van der Waals surface area contributed by atoms with Gasteiger partial charge in [-0.15, -0.1) is 0 Å². The van der Waals surface area contributed by atoms with Crippen molar-refractivity contribution in [3.05, 3.63) is 35.6 Å². The predicted octanol–water partition coefficient (Wildman–Crippen LogP) is 2.95. The highest BCUT2D eigenvalue weighted by Gasteiger charge is 2.36. The number of aliphatic carboxylic acids is 1. The molecule has 0 spiro atoms. The second-order valence-corrected chi connectivity index (χ2v) is 5.82. The Morgan fingerprint density at radius 1 is 1.25 bits per heavy atom. The van der Waals surface area contributed by atoms with Crippen LogP contribution in [-0.4, -0.2) is 52.5 Å². The lowest BCUT2D eigenvalue weighted by Gasteiger charge is -2.35. The molecule has 2 amide bonds. The van der Waals surface area contributed by atoms with Gasteiger partial charge in [-0.05, 0) is 17.7 Å². The summed E-state index contributed by atoms with van der Waals surface area (Å²) in [7, 11) is 0. The number of carboxylic acid groups (broad SMARTS) is 1. The molecule has 1 aromatic rings. The summed E-state index contributed by atoms with van der Waals surface area (Å²) in [6.07, 6.45) is -1.10. The number of carboxylic acids is 1. The van der Waals surface area contributed by atoms with Gasteiger partial charge in [-0.25, -0.2) is 18.0 Å². The maximum atomic E-state index is 13.3. The third-order valence-electron chi connectivity index (χ3n) is 3.89. The van der Waals surface area contributed by atoms with E-state index in [9.17, 15) is 22.8 Å². The number of hydrogen-bond donors (Lipinski definition) is 1. The number of hydrogen-bond acceptors (Lipinski definition) is 2. The summed E-state index contributed by atoms with van der Waals surface area (Å²) < 4.78 is 39.7. The molecule has 0 saturated carbocycles. The molecule has 0 unspecified atom stereocenters. The first-order chi connectivity index (χ1) is 11.3. The Hall–Kier alpha value is -2.25. The summed E-state index contributed by atoms with van der Waals surface area (Å²) in [4.78, 5) is 25.9. The van der Waals surface area contributed by atoms with Gasteiger partial charge in [0, 0.05) is 39.0 Å². The minimum absolute atomic E-state index is 0.0246. The van der Waals surface area contributed by atoms with Crippen LogP contribution in [0.5, 0.6) is 0 Å². The summed E-state index contributed by atoms with van der Waals surface area (Å²) in [5.74, 6) is -4.31. The van der Waals surface area contributed by atoms with Gasteiger partial charge in [-0.3, -0.25) is 4.79 Å². The normalized spacial score (nSPS) is 16.7. The number of nitrogens with zero attached hydrogens (tertiary/aromatic N) is 2. The number of alkyl halides is 2. The molecule has 1 aliphatic heterocycles. The Morgan fingerprint density at radius 3 is 2.50 bits per heavy atom. The second kappa shape index (κ2) is 7.55. The van der Waals surface area contributed by atoms with Crippen LogP contribution in [0.15, 0.2) is 24.3 Å². The summed E-state index contributed by atoms with van der Waals surface area (Å²) in [6, 6.07) is 5.13. The van der Waals surface area contributed by atoms with Crippen molar-refractivity contribution in [1.82, 2.24) is 9.80 Å². The van der Waals surface area contributed by atoms with Gasteiger partial charge in [0.1, 0.15) is 5.82 Å². The molecule has 0 bridgehead atoms. The third kappa shape index (κ3) is 5.14. The molecule has 0 atom stereocenters. The molecule has 1 N–H and O–H groups in total. The smallest absolute Gasteiger partial charge is 0.320 e. The van der Waals surface area contributed by atoms with Crippen LogP contribution in [0.1, 0.15) is 24.8 Å². The molecule has 0 radical (unpaired) electrons. The second-order valence-electron chi connectivity index (χ2n) is 5.82. The molecule has 5 nitrogen and oxygen atoms in total. The Kier molecular flexibility index (Phi) is 5.69. The van der Waals surface area contributed by atoms with Crippen LogP contribution >= 0.6 is 0 Å². The summed E-state index contributed by atoms with van der Waals surface area (Å²) in [5, 5.41) is 8.82. The number of carbonyl (C=O) groups excluding carboxylic acids is 1. The van der Waals surface area contributed by atoms with Crippen LogP contribution in [0.2, 0.25) is 0 Å². The van der Waals surface area contributed by atoms with Crippen molar-refractivity contribution >= 4 is 12.0 Å². The van der Waals surface area contributed by atoms with Crippen LogP contribution in [-0.2, 0) is 11.3 Å². The highest BCUT2D eigenvalue weighted by molar-refractivity contribution is 5.75. The first kappa shape index (κ1) is 18.1. The Bertz CT molecular complexity index is 600. The molecular formula is C16H19F3N2O3. The van der Waals surface area contributed by atoms with Crippen LogP contribution in [0, 0.1) is 5.82 Å². The van der Waals surface area contributed by atoms with E-state index in [1.807, 2.05) is 0 Å². The fourth-order valence-electron chi connectivity index (χ4n) is 2.55. The number of amides is 2. The average molecular weight is 344 g/mol. The molecule has 1 heterocycles. The predicted molar refractivity (Wildman–Crippen MR) is 80.2 cm³/mol. The highest BCUT2D eigenvalue weighted by Crippen LogP contribution is 2.28. The molecule has 1 saturated heterocycles. The maximum absolute atomic E-state index is 13.3. The van der Waals surface area contributed by atoms with E-state index in [0.29, 0.717) is 5.56 Å². The Labute approximate surface area is 137 Å². The van der Waals surface area contributed by atoms with Gasteiger partial charge in [-0.1, -0.05) is 12.1 Å². The minimum Gasteiger partial charge on any atom is -0.481 e. The number of urea groups is 1. The van der Waals surface area contributed by atoms with Crippen LogP contribution in [0.4, 0.5) is 18.0 Å². The molecule has 8 heteroatoms. The highest BCUT2D eigenvalue weighted by atomic mass is 19.3. The van der Waals surface area contributed by atoms with E-state index in [2.05, 4.69) is 0 Å².